The molecule has 0 spiro atoms. The molecule has 1 aromatic carbocycles. The van der Waals surface area contributed by atoms with Gasteiger partial charge in [-0.25, -0.2) is 8.42 Å². The summed E-state index contributed by atoms with van der Waals surface area (Å²) in [7, 11) is -3.72. The fraction of sp³-hybridized carbons (Fsp3) is 0.267. The van der Waals surface area contributed by atoms with Gasteiger partial charge in [0, 0.05) is 23.7 Å². The number of halogens is 1. The largest absolute Gasteiger partial charge is 0.330 e. The topological polar surface area (TPSA) is 68.2 Å². The molecule has 1 amide bonds. The third kappa shape index (κ3) is 2.23. The highest BCUT2D eigenvalue weighted by Crippen LogP contribution is 2.37. The maximum Gasteiger partial charge on any atom is 0.227 e. The van der Waals surface area contributed by atoms with Crippen molar-refractivity contribution >= 4 is 33.2 Å². The van der Waals surface area contributed by atoms with Crippen molar-refractivity contribution in [2.24, 2.45) is 0 Å². The number of fused-ring (bicyclic) bond motifs is 1. The Kier molecular flexibility index (Phi) is 3.53. The van der Waals surface area contributed by atoms with Gasteiger partial charge in [0.05, 0.1) is 4.90 Å². The number of carbonyl (C=O) groups excluding carboxylic acids is 1. The summed E-state index contributed by atoms with van der Waals surface area (Å²) in [5, 5.41) is 3.17. The number of hydrogen-bond acceptors (Lipinski definition) is 3. The lowest BCUT2D eigenvalue weighted by molar-refractivity contribution is -0.116. The van der Waals surface area contributed by atoms with Crippen LogP contribution in [0.1, 0.15) is 17.7 Å². The predicted octanol–water partition coefficient (Wildman–Crippen LogP) is 2.93. The van der Waals surface area contributed by atoms with Crippen molar-refractivity contribution in [2.75, 3.05) is 5.32 Å². The molecule has 3 rings (SSSR count). The van der Waals surface area contributed by atoms with Crippen molar-refractivity contribution < 1.29 is 13.2 Å². The Balaban J connectivity index is 2.24. The molecule has 0 saturated carbocycles. The summed E-state index contributed by atoms with van der Waals surface area (Å²) < 4.78 is 27.7. The highest BCUT2D eigenvalue weighted by molar-refractivity contribution is 7.91. The number of hydrogen-bond donors (Lipinski definition) is 1. The number of rotatable bonds is 2. The second kappa shape index (κ2) is 5.14. The number of carbonyl (C=O) groups is 1. The van der Waals surface area contributed by atoms with Crippen molar-refractivity contribution in [1.29, 1.82) is 0 Å². The minimum atomic E-state index is -3.72. The van der Waals surface area contributed by atoms with Crippen LogP contribution in [0.2, 0.25) is 5.02 Å². The van der Waals surface area contributed by atoms with Crippen LogP contribution in [0, 0.1) is 13.8 Å². The molecule has 0 unspecified atom stereocenters. The summed E-state index contributed by atoms with van der Waals surface area (Å²) in [4.78, 5) is 12.0. The molecular weight excluding hydrogens is 324 g/mol. The van der Waals surface area contributed by atoms with E-state index in [4.69, 9.17) is 11.6 Å². The molecule has 1 aromatic heterocycles. The Labute approximate surface area is 133 Å². The average molecular weight is 339 g/mol. The van der Waals surface area contributed by atoms with Crippen LogP contribution < -0.4 is 5.32 Å². The van der Waals surface area contributed by atoms with Gasteiger partial charge in [0.15, 0.2) is 0 Å². The first-order valence-electron chi connectivity index (χ1n) is 6.82. The lowest BCUT2D eigenvalue weighted by Gasteiger charge is -2.18. The van der Waals surface area contributed by atoms with Crippen LogP contribution in [0.4, 0.5) is 5.82 Å². The molecular formula is C15H15ClN2O3S. The Morgan fingerprint density at radius 3 is 2.45 bits per heavy atom. The van der Waals surface area contributed by atoms with Gasteiger partial charge in [0.25, 0.3) is 0 Å². The highest BCUT2D eigenvalue weighted by Gasteiger charge is 2.32. The van der Waals surface area contributed by atoms with E-state index in [1.807, 2.05) is 11.5 Å². The molecule has 0 fully saturated rings. The average Bonchev–Trinajstić information content (AvgIpc) is 2.71. The van der Waals surface area contributed by atoms with Crippen molar-refractivity contribution in [3.05, 3.63) is 40.5 Å². The van der Waals surface area contributed by atoms with Gasteiger partial charge >= 0.3 is 0 Å². The lowest BCUT2D eigenvalue weighted by Crippen LogP contribution is -2.24. The number of anilines is 1. The van der Waals surface area contributed by atoms with E-state index < -0.39 is 9.84 Å². The Morgan fingerprint density at radius 1 is 1.18 bits per heavy atom. The van der Waals surface area contributed by atoms with Crippen molar-refractivity contribution in [2.45, 2.75) is 36.6 Å². The number of nitrogens with one attached hydrogen (secondary N) is 1. The number of benzene rings is 1. The molecule has 22 heavy (non-hydrogen) atoms. The van der Waals surface area contributed by atoms with E-state index in [1.165, 1.54) is 24.3 Å². The third-order valence-electron chi connectivity index (χ3n) is 3.99. The number of amides is 1. The summed E-state index contributed by atoms with van der Waals surface area (Å²) >= 11 is 5.82. The van der Waals surface area contributed by atoms with Gasteiger partial charge in [-0.3, -0.25) is 4.79 Å². The predicted molar refractivity (Wildman–Crippen MR) is 84.1 cm³/mol. The van der Waals surface area contributed by atoms with E-state index in [2.05, 4.69) is 5.32 Å². The molecule has 0 atom stereocenters. The summed E-state index contributed by atoms with van der Waals surface area (Å²) in [5.41, 5.74) is 1.51. The van der Waals surface area contributed by atoms with Crippen molar-refractivity contribution in [3.8, 4) is 0 Å². The molecule has 0 bridgehead atoms. The van der Waals surface area contributed by atoms with Crippen LogP contribution in [0.15, 0.2) is 34.1 Å². The Hall–Kier alpha value is -1.79. The van der Waals surface area contributed by atoms with Gasteiger partial charge in [0.2, 0.25) is 15.7 Å². The van der Waals surface area contributed by atoms with E-state index >= 15 is 0 Å². The molecule has 5 nitrogen and oxygen atoms in total. The zero-order chi connectivity index (χ0) is 16.1. The number of nitrogens with zero attached hydrogens (tertiary/aromatic N) is 1. The smallest absolute Gasteiger partial charge is 0.227 e. The van der Waals surface area contributed by atoms with Gasteiger partial charge in [-0.15, -0.1) is 0 Å². The fourth-order valence-electron chi connectivity index (χ4n) is 2.71. The van der Waals surface area contributed by atoms with E-state index in [9.17, 15) is 13.2 Å². The fourth-order valence-corrected chi connectivity index (χ4v) is 4.53. The molecule has 116 valence electrons. The summed E-state index contributed by atoms with van der Waals surface area (Å²) in [6.07, 6.45) is 0.350. The van der Waals surface area contributed by atoms with Crippen LogP contribution in [0.25, 0.3) is 0 Å². The third-order valence-corrected chi connectivity index (χ3v) is 6.17. The SMILES string of the molecule is Cc1c(S(=O)(=O)c2ccc(Cl)cc2)c2n(c1C)CCC(=O)N2. The molecule has 2 aromatic rings. The summed E-state index contributed by atoms with van der Waals surface area (Å²) in [5.74, 6) is 0.193. The maximum absolute atomic E-state index is 13.0. The lowest BCUT2D eigenvalue weighted by atomic mass is 10.3. The van der Waals surface area contributed by atoms with Crippen LogP contribution in [0.3, 0.4) is 0 Å². The molecule has 2 heterocycles. The van der Waals surface area contributed by atoms with Crippen LogP contribution >= 0.6 is 11.6 Å². The van der Waals surface area contributed by atoms with Crippen LogP contribution in [-0.4, -0.2) is 18.9 Å². The maximum atomic E-state index is 13.0. The number of aromatic nitrogens is 1. The Morgan fingerprint density at radius 2 is 1.82 bits per heavy atom. The Bertz CT molecular complexity index is 867. The summed E-state index contributed by atoms with van der Waals surface area (Å²) in [6, 6.07) is 6.03. The molecule has 1 N–H and O–H groups in total. The second-order valence-corrected chi connectivity index (χ2v) is 7.62. The summed E-state index contributed by atoms with van der Waals surface area (Å²) in [6.45, 7) is 4.11. The van der Waals surface area contributed by atoms with Gasteiger partial charge in [-0.2, -0.15) is 0 Å². The molecule has 1 aliphatic heterocycles. The van der Waals surface area contributed by atoms with E-state index in [1.54, 1.807) is 6.92 Å². The quantitative estimate of drug-likeness (QED) is 0.915. The minimum absolute atomic E-state index is 0.160. The van der Waals surface area contributed by atoms with Gasteiger partial charge in [-0.1, -0.05) is 11.6 Å². The van der Waals surface area contributed by atoms with Crippen molar-refractivity contribution in [1.82, 2.24) is 4.57 Å². The van der Waals surface area contributed by atoms with Gasteiger partial charge in [0.1, 0.15) is 10.7 Å². The zero-order valence-electron chi connectivity index (χ0n) is 12.2. The molecule has 0 aliphatic carbocycles. The number of sulfone groups is 1. The van der Waals surface area contributed by atoms with E-state index in [0.717, 1.165) is 5.69 Å². The van der Waals surface area contributed by atoms with Crippen LogP contribution in [0.5, 0.6) is 0 Å². The zero-order valence-corrected chi connectivity index (χ0v) is 13.8. The van der Waals surface area contributed by atoms with E-state index in [0.29, 0.717) is 29.4 Å². The minimum Gasteiger partial charge on any atom is -0.330 e. The van der Waals surface area contributed by atoms with Crippen molar-refractivity contribution in [3.63, 3.8) is 0 Å². The second-order valence-electron chi connectivity index (χ2n) is 5.30. The molecule has 7 heteroatoms. The molecule has 1 aliphatic rings. The normalized spacial score (nSPS) is 14.6. The monoisotopic (exact) mass is 338 g/mol. The van der Waals surface area contributed by atoms with Gasteiger partial charge < -0.3 is 9.88 Å². The first-order chi connectivity index (χ1) is 10.3. The van der Waals surface area contributed by atoms with E-state index in [-0.39, 0.29) is 15.7 Å². The highest BCUT2D eigenvalue weighted by atomic mass is 35.5. The first kappa shape index (κ1) is 15.1. The molecule has 0 radical (unpaired) electrons. The van der Waals surface area contributed by atoms with Crippen LogP contribution in [-0.2, 0) is 21.2 Å². The standard InChI is InChI=1S/C15H15ClN2O3S/c1-9-10(2)18-8-7-13(19)17-15(18)14(9)22(20,21)12-5-3-11(16)4-6-12/h3-6H,7-8H2,1-2H3,(H,17,19). The first-order valence-corrected chi connectivity index (χ1v) is 8.68. The van der Waals surface area contributed by atoms with Gasteiger partial charge in [-0.05, 0) is 43.7 Å². The molecule has 0 saturated heterocycles.